The Morgan fingerprint density at radius 2 is 2.26 bits per heavy atom. The van der Waals surface area contributed by atoms with Gasteiger partial charge in [0.15, 0.2) is 0 Å². The van der Waals surface area contributed by atoms with E-state index in [0.29, 0.717) is 13.0 Å². The topological polar surface area (TPSA) is 59.0 Å². The normalized spacial score (nSPS) is 17.6. The minimum atomic E-state index is 0.102. The molecular formula is C15H19BrN2O. The van der Waals surface area contributed by atoms with Crippen LogP contribution in [0.1, 0.15) is 31.7 Å². The standard InChI is InChI=1S/C15H19BrN2O/c1-11(18)8-12-9-13(16)2-3-14(12)19-10-15(4-5-15)6-7-17/h2-3,9,11H,4-6,8,10,18H2,1H3. The van der Waals surface area contributed by atoms with Crippen molar-refractivity contribution >= 4 is 15.9 Å². The lowest BCUT2D eigenvalue weighted by molar-refractivity contribution is 0.234. The van der Waals surface area contributed by atoms with E-state index in [9.17, 15) is 0 Å². The van der Waals surface area contributed by atoms with Crippen LogP contribution in [0.5, 0.6) is 5.75 Å². The van der Waals surface area contributed by atoms with Gasteiger partial charge in [-0.1, -0.05) is 15.9 Å². The van der Waals surface area contributed by atoms with Gasteiger partial charge in [-0.2, -0.15) is 5.26 Å². The van der Waals surface area contributed by atoms with E-state index in [1.54, 1.807) is 0 Å². The molecule has 0 spiro atoms. The number of rotatable bonds is 6. The summed E-state index contributed by atoms with van der Waals surface area (Å²) in [7, 11) is 0. The molecule has 1 aliphatic carbocycles. The molecule has 1 aromatic carbocycles. The van der Waals surface area contributed by atoms with Crippen LogP contribution in [0, 0.1) is 16.7 Å². The summed E-state index contributed by atoms with van der Waals surface area (Å²) in [4.78, 5) is 0. The molecule has 2 N–H and O–H groups in total. The zero-order valence-electron chi connectivity index (χ0n) is 11.2. The van der Waals surface area contributed by atoms with Crippen molar-refractivity contribution in [3.8, 4) is 11.8 Å². The number of nitrogens with zero attached hydrogens (tertiary/aromatic N) is 1. The van der Waals surface area contributed by atoms with Crippen molar-refractivity contribution in [1.82, 2.24) is 0 Å². The Morgan fingerprint density at radius 1 is 1.53 bits per heavy atom. The van der Waals surface area contributed by atoms with E-state index in [-0.39, 0.29) is 11.5 Å². The summed E-state index contributed by atoms with van der Waals surface area (Å²) < 4.78 is 6.98. The van der Waals surface area contributed by atoms with Crippen molar-refractivity contribution in [2.75, 3.05) is 6.61 Å². The summed E-state index contributed by atoms with van der Waals surface area (Å²) in [6.07, 6.45) is 3.58. The van der Waals surface area contributed by atoms with E-state index < -0.39 is 0 Å². The fourth-order valence-electron chi connectivity index (χ4n) is 2.14. The van der Waals surface area contributed by atoms with Crippen LogP contribution in [-0.4, -0.2) is 12.6 Å². The number of ether oxygens (including phenoxy) is 1. The van der Waals surface area contributed by atoms with Gasteiger partial charge in [-0.05, 0) is 49.9 Å². The molecule has 0 heterocycles. The molecule has 0 saturated heterocycles. The number of nitriles is 1. The molecular weight excluding hydrogens is 304 g/mol. The smallest absolute Gasteiger partial charge is 0.122 e. The number of halogens is 1. The molecule has 1 aliphatic rings. The lowest BCUT2D eigenvalue weighted by Gasteiger charge is -2.17. The Bertz CT molecular complexity index is 489. The van der Waals surface area contributed by atoms with Gasteiger partial charge in [-0.3, -0.25) is 0 Å². The summed E-state index contributed by atoms with van der Waals surface area (Å²) in [5.74, 6) is 0.893. The molecule has 4 heteroatoms. The average Bonchev–Trinajstić information content (AvgIpc) is 3.08. The quantitative estimate of drug-likeness (QED) is 0.873. The first-order valence-corrected chi connectivity index (χ1v) is 7.38. The molecule has 0 bridgehead atoms. The van der Waals surface area contributed by atoms with Crippen LogP contribution in [0.25, 0.3) is 0 Å². The second-order valence-corrected chi connectivity index (χ2v) is 6.47. The van der Waals surface area contributed by atoms with Crippen molar-refractivity contribution in [3.05, 3.63) is 28.2 Å². The van der Waals surface area contributed by atoms with Gasteiger partial charge in [-0.25, -0.2) is 0 Å². The van der Waals surface area contributed by atoms with E-state index in [0.717, 1.165) is 35.0 Å². The van der Waals surface area contributed by atoms with Gasteiger partial charge in [0, 0.05) is 22.4 Å². The Morgan fingerprint density at radius 3 is 2.84 bits per heavy atom. The van der Waals surface area contributed by atoms with E-state index in [4.69, 9.17) is 15.7 Å². The Balaban J connectivity index is 2.05. The van der Waals surface area contributed by atoms with Crippen molar-refractivity contribution in [1.29, 1.82) is 5.26 Å². The molecule has 19 heavy (non-hydrogen) atoms. The van der Waals surface area contributed by atoms with Gasteiger partial charge < -0.3 is 10.5 Å². The van der Waals surface area contributed by atoms with Crippen molar-refractivity contribution < 1.29 is 4.74 Å². The maximum absolute atomic E-state index is 8.82. The van der Waals surface area contributed by atoms with Crippen LogP contribution in [-0.2, 0) is 6.42 Å². The van der Waals surface area contributed by atoms with Crippen molar-refractivity contribution in [3.63, 3.8) is 0 Å². The van der Waals surface area contributed by atoms with E-state index in [1.807, 2.05) is 19.1 Å². The zero-order valence-corrected chi connectivity index (χ0v) is 12.7. The number of hydrogen-bond acceptors (Lipinski definition) is 3. The minimum absolute atomic E-state index is 0.102. The van der Waals surface area contributed by atoms with Crippen LogP contribution in [0.3, 0.4) is 0 Å². The van der Waals surface area contributed by atoms with Crippen LogP contribution >= 0.6 is 15.9 Å². The first kappa shape index (κ1) is 14.4. The number of benzene rings is 1. The number of nitrogens with two attached hydrogens (primary N) is 1. The van der Waals surface area contributed by atoms with Gasteiger partial charge in [0.05, 0.1) is 12.7 Å². The van der Waals surface area contributed by atoms with E-state index in [1.165, 1.54) is 0 Å². The minimum Gasteiger partial charge on any atom is -0.493 e. The lowest BCUT2D eigenvalue weighted by Crippen LogP contribution is -2.19. The second-order valence-electron chi connectivity index (χ2n) is 5.56. The molecule has 0 aromatic heterocycles. The van der Waals surface area contributed by atoms with E-state index in [2.05, 4.69) is 28.1 Å². The highest BCUT2D eigenvalue weighted by molar-refractivity contribution is 9.10. The maximum atomic E-state index is 8.82. The second kappa shape index (κ2) is 5.94. The Kier molecular flexibility index (Phi) is 4.49. The van der Waals surface area contributed by atoms with Crippen LogP contribution in [0.2, 0.25) is 0 Å². The van der Waals surface area contributed by atoms with Gasteiger partial charge in [0.25, 0.3) is 0 Å². The molecule has 102 valence electrons. The summed E-state index contributed by atoms with van der Waals surface area (Å²) in [6, 6.07) is 8.37. The molecule has 0 aliphatic heterocycles. The third-order valence-corrected chi connectivity index (χ3v) is 4.00. The van der Waals surface area contributed by atoms with Crippen LogP contribution in [0.15, 0.2) is 22.7 Å². The lowest BCUT2D eigenvalue weighted by atomic mass is 10.0. The first-order valence-electron chi connectivity index (χ1n) is 6.58. The highest BCUT2D eigenvalue weighted by atomic mass is 79.9. The van der Waals surface area contributed by atoms with Gasteiger partial charge in [-0.15, -0.1) is 0 Å². The summed E-state index contributed by atoms with van der Waals surface area (Å²) in [6.45, 7) is 2.62. The fraction of sp³-hybridized carbons (Fsp3) is 0.533. The van der Waals surface area contributed by atoms with Crippen molar-refractivity contribution in [2.24, 2.45) is 11.1 Å². The largest absolute Gasteiger partial charge is 0.493 e. The average molecular weight is 323 g/mol. The summed E-state index contributed by atoms with van der Waals surface area (Å²) >= 11 is 3.47. The molecule has 1 fully saturated rings. The summed E-state index contributed by atoms with van der Waals surface area (Å²) in [5, 5.41) is 8.82. The van der Waals surface area contributed by atoms with Crippen molar-refractivity contribution in [2.45, 2.75) is 38.6 Å². The van der Waals surface area contributed by atoms with Gasteiger partial charge >= 0.3 is 0 Å². The monoisotopic (exact) mass is 322 g/mol. The van der Waals surface area contributed by atoms with Crippen LogP contribution < -0.4 is 10.5 Å². The fourth-order valence-corrected chi connectivity index (χ4v) is 2.55. The molecule has 0 amide bonds. The third kappa shape index (κ3) is 3.95. The SMILES string of the molecule is CC(N)Cc1cc(Br)ccc1OCC1(CC#N)CC1. The molecule has 3 nitrogen and oxygen atoms in total. The molecule has 1 atom stereocenters. The Hall–Kier alpha value is -1.05. The maximum Gasteiger partial charge on any atom is 0.122 e. The highest BCUT2D eigenvalue weighted by Crippen LogP contribution is 2.48. The van der Waals surface area contributed by atoms with E-state index >= 15 is 0 Å². The predicted molar refractivity (Wildman–Crippen MR) is 78.9 cm³/mol. The van der Waals surface area contributed by atoms with Gasteiger partial charge in [0.2, 0.25) is 0 Å². The molecule has 2 rings (SSSR count). The number of hydrogen-bond donors (Lipinski definition) is 1. The Labute approximate surface area is 122 Å². The third-order valence-electron chi connectivity index (χ3n) is 3.51. The highest BCUT2D eigenvalue weighted by Gasteiger charge is 2.43. The first-order chi connectivity index (χ1) is 9.04. The van der Waals surface area contributed by atoms with Crippen LogP contribution in [0.4, 0.5) is 0 Å². The molecule has 1 unspecified atom stereocenters. The molecule has 1 saturated carbocycles. The zero-order chi connectivity index (χ0) is 13.9. The molecule has 0 radical (unpaired) electrons. The summed E-state index contributed by atoms with van der Waals surface area (Å²) in [5.41, 5.74) is 7.10. The predicted octanol–water partition coefficient (Wildman–Crippen LogP) is 3.41. The molecule has 1 aromatic rings. The van der Waals surface area contributed by atoms with Gasteiger partial charge in [0.1, 0.15) is 5.75 Å².